The molecule has 1 aromatic heterocycles. The van der Waals surface area contributed by atoms with Gasteiger partial charge in [0.1, 0.15) is 11.4 Å². The van der Waals surface area contributed by atoms with E-state index in [9.17, 15) is 9.90 Å². The Balaban J connectivity index is 1.30. The van der Waals surface area contributed by atoms with Crippen LogP contribution in [0.4, 0.5) is 0 Å². The highest BCUT2D eigenvalue weighted by Gasteiger charge is 2.29. The Morgan fingerprint density at radius 1 is 1.02 bits per heavy atom. The maximum absolute atomic E-state index is 12.0. The van der Waals surface area contributed by atoms with Crippen LogP contribution in [0.5, 0.6) is 11.6 Å². The van der Waals surface area contributed by atoms with Crippen molar-refractivity contribution >= 4 is 29.2 Å². The fourth-order valence-corrected chi connectivity index (χ4v) is 6.92. The van der Waals surface area contributed by atoms with Crippen LogP contribution < -0.4 is 14.8 Å². The van der Waals surface area contributed by atoms with Gasteiger partial charge in [-0.15, -0.1) is 0 Å². The van der Waals surface area contributed by atoms with Crippen LogP contribution in [0.3, 0.4) is 0 Å². The molecule has 0 saturated carbocycles. The number of methoxy groups -OCH3 is 2. The summed E-state index contributed by atoms with van der Waals surface area (Å²) in [5.74, 6) is 0.892. The number of benzene rings is 3. The minimum atomic E-state index is -0.298. The summed E-state index contributed by atoms with van der Waals surface area (Å²) in [4.78, 5) is 23.4. The van der Waals surface area contributed by atoms with Gasteiger partial charge < -0.3 is 19.3 Å². The van der Waals surface area contributed by atoms with Crippen molar-refractivity contribution in [2.75, 3.05) is 40.5 Å². The topological polar surface area (TPSA) is 106 Å². The van der Waals surface area contributed by atoms with Crippen molar-refractivity contribution in [3.05, 3.63) is 81.6 Å². The highest BCUT2D eigenvalue weighted by Crippen LogP contribution is 2.45. The highest BCUT2D eigenvalue weighted by atomic mass is 35.5. The molecule has 3 aromatic carbocycles. The van der Waals surface area contributed by atoms with Crippen molar-refractivity contribution in [2.24, 2.45) is 0 Å². The summed E-state index contributed by atoms with van der Waals surface area (Å²) in [6, 6.07) is 15.8. The summed E-state index contributed by atoms with van der Waals surface area (Å²) < 4.78 is 16.5. The number of esters is 1. The summed E-state index contributed by atoms with van der Waals surface area (Å²) in [7, 11) is 3.23. The molecule has 11 heteroatoms. The quantitative estimate of drug-likeness (QED) is 0.184. The number of carbonyl (C=O) groups excluding carboxylic acids is 1. The number of halogens is 2. The molecule has 1 fully saturated rings. The van der Waals surface area contributed by atoms with E-state index in [-0.39, 0.29) is 24.7 Å². The summed E-state index contributed by atoms with van der Waals surface area (Å²) in [5.41, 5.74) is 7.53. The van der Waals surface area contributed by atoms with Crippen molar-refractivity contribution in [1.29, 1.82) is 0 Å². The Morgan fingerprint density at radius 2 is 1.72 bits per heavy atom. The lowest BCUT2D eigenvalue weighted by Crippen LogP contribution is -2.50. The first-order valence-electron chi connectivity index (χ1n) is 15.3. The number of aliphatic hydroxyl groups is 1. The van der Waals surface area contributed by atoms with Crippen LogP contribution in [0.1, 0.15) is 36.2 Å². The predicted molar refractivity (Wildman–Crippen MR) is 178 cm³/mol. The van der Waals surface area contributed by atoms with Crippen molar-refractivity contribution in [3.63, 3.8) is 0 Å². The van der Waals surface area contributed by atoms with Gasteiger partial charge in [-0.05, 0) is 37.0 Å². The molecule has 46 heavy (non-hydrogen) atoms. The van der Waals surface area contributed by atoms with Gasteiger partial charge in [-0.2, -0.15) is 0 Å². The van der Waals surface area contributed by atoms with Gasteiger partial charge in [0, 0.05) is 53.5 Å². The lowest BCUT2D eigenvalue weighted by Gasteiger charge is -2.35. The Kier molecular flexibility index (Phi) is 9.77. The smallest absolute Gasteiger partial charge is 0.319 e. The molecule has 1 saturated heterocycles. The molecule has 0 amide bonds. The van der Waals surface area contributed by atoms with E-state index in [4.69, 9.17) is 42.4 Å². The number of aliphatic hydroxyl groups excluding tert-OH is 1. The Bertz CT molecular complexity index is 1760. The molecule has 1 atom stereocenters. The fourth-order valence-electron chi connectivity index (χ4n) is 6.26. The van der Waals surface area contributed by atoms with E-state index in [2.05, 4.69) is 21.3 Å². The summed E-state index contributed by atoms with van der Waals surface area (Å²) >= 11 is 14.2. The number of likely N-dealkylation sites (tertiary alicyclic amines) is 1. The first-order chi connectivity index (χ1) is 22.3. The molecule has 2 heterocycles. The van der Waals surface area contributed by atoms with Gasteiger partial charge >= 0.3 is 5.97 Å². The molecule has 1 aliphatic heterocycles. The first-order valence-corrected chi connectivity index (χ1v) is 16.0. The van der Waals surface area contributed by atoms with Crippen LogP contribution in [0.15, 0.2) is 54.7 Å². The molecule has 240 valence electrons. The van der Waals surface area contributed by atoms with E-state index in [1.807, 2.05) is 42.5 Å². The van der Waals surface area contributed by atoms with Crippen molar-refractivity contribution in [2.45, 2.75) is 38.5 Å². The zero-order valence-electron chi connectivity index (χ0n) is 26.0. The highest BCUT2D eigenvalue weighted by molar-refractivity contribution is 6.39. The Morgan fingerprint density at radius 3 is 2.39 bits per heavy atom. The monoisotopic (exact) mass is 662 g/mol. The number of fused-ring (bicyclic) bond motifs is 1. The number of rotatable bonds is 11. The molecule has 6 rings (SSSR count). The second kappa shape index (κ2) is 13.9. The number of nitrogens with one attached hydrogen (secondary N) is 1. The maximum Gasteiger partial charge on any atom is 0.319 e. The number of hydrogen-bond acceptors (Lipinski definition) is 9. The number of aryl methyl sites for hydroxylation is 1. The van der Waals surface area contributed by atoms with Gasteiger partial charge in [-0.25, -0.2) is 4.98 Å². The van der Waals surface area contributed by atoms with Crippen LogP contribution in [-0.4, -0.2) is 72.5 Å². The van der Waals surface area contributed by atoms with Gasteiger partial charge in [-0.1, -0.05) is 65.7 Å². The number of β-amino-alcohol motifs (C(OH)–C–C–N with tert-alkyl or cyclic N) is 1. The number of aromatic nitrogens is 2. The van der Waals surface area contributed by atoms with Crippen LogP contribution in [0.2, 0.25) is 10.0 Å². The zero-order valence-corrected chi connectivity index (χ0v) is 27.5. The van der Waals surface area contributed by atoms with Crippen molar-refractivity contribution in [3.8, 4) is 45.1 Å². The third-order valence-electron chi connectivity index (χ3n) is 8.49. The third-order valence-corrected chi connectivity index (χ3v) is 9.30. The second-order valence-electron chi connectivity index (χ2n) is 11.4. The molecule has 4 aromatic rings. The van der Waals surface area contributed by atoms with Gasteiger partial charge in [0.15, 0.2) is 0 Å². The van der Waals surface area contributed by atoms with Crippen LogP contribution in [0.25, 0.3) is 33.5 Å². The van der Waals surface area contributed by atoms with E-state index in [0.29, 0.717) is 59.1 Å². The van der Waals surface area contributed by atoms with Crippen molar-refractivity contribution in [1.82, 2.24) is 20.2 Å². The number of ether oxygens (including phenoxy) is 3. The van der Waals surface area contributed by atoms with Gasteiger partial charge in [0.2, 0.25) is 5.88 Å². The molecule has 1 aliphatic carbocycles. The lowest BCUT2D eigenvalue weighted by atomic mass is 9.94. The molecule has 0 bridgehead atoms. The number of carbonyl (C=O) groups is 1. The number of hydrogen-bond donors (Lipinski definition) is 2. The summed E-state index contributed by atoms with van der Waals surface area (Å²) in [5, 5.41) is 14.0. The van der Waals surface area contributed by atoms with Crippen LogP contribution in [-0.2, 0) is 22.5 Å². The molecule has 1 unspecified atom stereocenters. The summed E-state index contributed by atoms with van der Waals surface area (Å²) in [6.07, 6.45) is 3.09. The van der Waals surface area contributed by atoms with Crippen LogP contribution in [0, 0.1) is 0 Å². The molecular formula is C35H36Cl2N4O5. The largest absolute Gasteiger partial charge is 0.496 e. The maximum atomic E-state index is 12.0. The van der Waals surface area contributed by atoms with E-state index in [0.717, 1.165) is 52.0 Å². The average Bonchev–Trinajstić information content (AvgIpc) is 3.46. The standard InChI is InChI=1S/C35H36Cl2N4O5/c1-4-46-31(43)16-39-27-12-11-20-13-21(14-30(44-2)32(20)27)23-7-5-8-24(33(23)36)25-9-6-10-26(34(25)37)28-15-38-29(35(40-28)45-3)19-41-17-22(42)18-41/h5-10,13-15,22,27,39,42H,4,11-12,16-19H2,1-3H3. The minimum absolute atomic E-state index is 0.00818. The first kappa shape index (κ1) is 32.2. The second-order valence-corrected chi connectivity index (χ2v) is 12.2. The Hall–Kier alpha value is -3.73. The van der Waals surface area contributed by atoms with E-state index in [1.54, 1.807) is 27.3 Å². The minimum Gasteiger partial charge on any atom is -0.496 e. The van der Waals surface area contributed by atoms with Crippen molar-refractivity contribution < 1.29 is 24.1 Å². The van der Waals surface area contributed by atoms with E-state index < -0.39 is 0 Å². The molecular weight excluding hydrogens is 627 g/mol. The van der Waals surface area contributed by atoms with E-state index in [1.165, 1.54) is 0 Å². The SMILES string of the molecule is CCOC(=O)CNC1CCc2cc(-c3cccc(-c4cccc(-c5cnc(CN6CC(O)C6)c(OC)n5)c4Cl)c3Cl)cc(OC)c21. The molecule has 2 aliphatic rings. The fraction of sp³-hybridized carbons (Fsp3) is 0.343. The van der Waals surface area contributed by atoms with E-state index >= 15 is 0 Å². The molecule has 0 radical (unpaired) electrons. The van der Waals surface area contributed by atoms with Gasteiger partial charge in [0.05, 0.1) is 55.4 Å². The predicted octanol–water partition coefficient (Wildman–Crippen LogP) is 6.12. The molecule has 0 spiro atoms. The Labute approximate surface area is 278 Å². The molecule has 9 nitrogen and oxygen atoms in total. The zero-order chi connectivity index (χ0) is 32.4. The van der Waals surface area contributed by atoms with Gasteiger partial charge in [-0.3, -0.25) is 20.0 Å². The molecule has 2 N–H and O–H groups in total. The van der Waals surface area contributed by atoms with Gasteiger partial charge in [0.25, 0.3) is 0 Å². The summed E-state index contributed by atoms with van der Waals surface area (Å²) in [6.45, 7) is 4.04. The van der Waals surface area contributed by atoms with Crippen LogP contribution >= 0.6 is 23.2 Å². The number of nitrogens with zero attached hydrogens (tertiary/aromatic N) is 3. The lowest BCUT2D eigenvalue weighted by molar-refractivity contribution is -0.142. The third kappa shape index (κ3) is 6.43. The average molecular weight is 664 g/mol. The normalized spacial score (nSPS) is 16.2.